The van der Waals surface area contributed by atoms with Crippen LogP contribution in [0.1, 0.15) is 66.3 Å². The Kier molecular flexibility index (Phi) is 12.6. The van der Waals surface area contributed by atoms with Gasteiger partial charge in [-0.3, -0.25) is 10.4 Å². The quantitative estimate of drug-likeness (QED) is 0.0701. The van der Waals surface area contributed by atoms with Crippen LogP contribution in [0.5, 0.6) is 0 Å². The minimum Gasteiger partial charge on any atom is -0.453 e. The lowest BCUT2D eigenvalue weighted by Gasteiger charge is -2.17. The van der Waals surface area contributed by atoms with E-state index >= 15 is 0 Å². The molecular formula is C34H39N7O12. The highest BCUT2D eigenvalue weighted by Crippen LogP contribution is 2.31. The predicted octanol–water partition coefficient (Wildman–Crippen LogP) is 3.66. The molecule has 0 atom stereocenters. The maximum Gasteiger partial charge on any atom is 0.519 e. The highest BCUT2D eigenvalue weighted by Gasteiger charge is 2.33. The topological polar surface area (TPSA) is 240 Å². The van der Waals surface area contributed by atoms with Gasteiger partial charge in [-0.05, 0) is 49.1 Å². The first kappa shape index (κ1) is 38.7. The first-order valence-electron chi connectivity index (χ1n) is 16.5. The number of esters is 1. The molecule has 0 amide bonds. The lowest BCUT2D eigenvalue weighted by atomic mass is 9.98. The fourth-order valence-corrected chi connectivity index (χ4v) is 5.25. The Balaban J connectivity index is 1.33. The molecular weight excluding hydrogens is 698 g/mol. The van der Waals surface area contributed by atoms with Crippen molar-refractivity contribution in [2.45, 2.75) is 59.3 Å². The van der Waals surface area contributed by atoms with Gasteiger partial charge < -0.3 is 32.7 Å². The Morgan fingerprint density at radius 3 is 2.34 bits per heavy atom. The van der Waals surface area contributed by atoms with Crippen LogP contribution in [0, 0.1) is 6.92 Å². The molecule has 3 heterocycles. The van der Waals surface area contributed by atoms with Crippen LogP contribution in [0.2, 0.25) is 0 Å². The lowest BCUT2D eigenvalue weighted by molar-refractivity contribution is -0.493. The van der Waals surface area contributed by atoms with Gasteiger partial charge in [0, 0.05) is 18.5 Å². The summed E-state index contributed by atoms with van der Waals surface area (Å²) >= 11 is 0. The molecule has 0 saturated heterocycles. The molecule has 0 fully saturated rings. The number of ether oxygens (including phenoxy) is 3. The van der Waals surface area contributed by atoms with Crippen molar-refractivity contribution in [3.05, 3.63) is 93.4 Å². The van der Waals surface area contributed by atoms with E-state index in [1.165, 1.54) is 20.8 Å². The van der Waals surface area contributed by atoms with Gasteiger partial charge in [0.25, 0.3) is 0 Å². The Labute approximate surface area is 301 Å². The maximum absolute atomic E-state index is 13.6. The minimum absolute atomic E-state index is 0.0195. The predicted molar refractivity (Wildman–Crippen MR) is 179 cm³/mol. The number of tetrazole rings is 1. The van der Waals surface area contributed by atoms with Crippen LogP contribution in [-0.4, -0.2) is 89.2 Å². The first-order valence-corrected chi connectivity index (χ1v) is 16.5. The second kappa shape index (κ2) is 17.3. The standard InChI is InChI=1S/C34H39N7O12/c1-5-8-27-35-29(34(3,4)45)28(31(42)50-20-26-21(2)52-33(44)53-26)39(27)19-22-11-13-23(14-12-22)24-9-6-7-10-25(24)30-36-38-40(37-30)32(43)49-17-15-48-16-18-51-41(46)47/h6-7,9-14,45-47H,5,8,15-20H2,1-4H3. The van der Waals surface area contributed by atoms with E-state index in [9.17, 15) is 19.5 Å². The van der Waals surface area contributed by atoms with Gasteiger partial charge in [0.2, 0.25) is 5.82 Å². The average Bonchev–Trinajstić information content (AvgIpc) is 3.84. The third-order valence-electron chi connectivity index (χ3n) is 7.70. The van der Waals surface area contributed by atoms with Crippen molar-refractivity contribution < 1.29 is 53.0 Å². The van der Waals surface area contributed by atoms with Crippen molar-refractivity contribution >= 4 is 12.1 Å². The molecule has 0 aliphatic heterocycles. The van der Waals surface area contributed by atoms with Crippen LogP contribution in [0.15, 0.2) is 62.2 Å². The molecule has 2 aromatic carbocycles. The largest absolute Gasteiger partial charge is 0.519 e. The van der Waals surface area contributed by atoms with E-state index in [-0.39, 0.29) is 68.3 Å². The molecule has 0 saturated carbocycles. The Hall–Kier alpha value is -5.57. The van der Waals surface area contributed by atoms with Gasteiger partial charge >= 0.3 is 17.9 Å². The molecule has 19 heteroatoms. The number of aliphatic hydroxyl groups is 1. The van der Waals surface area contributed by atoms with E-state index in [0.717, 1.165) is 27.9 Å². The molecule has 53 heavy (non-hydrogen) atoms. The van der Waals surface area contributed by atoms with E-state index in [2.05, 4.69) is 25.2 Å². The van der Waals surface area contributed by atoms with Crippen molar-refractivity contribution in [3.8, 4) is 22.5 Å². The molecule has 5 rings (SSSR count). The fraction of sp³-hybridized carbons (Fsp3) is 0.382. The van der Waals surface area contributed by atoms with Crippen molar-refractivity contribution in [2.24, 2.45) is 0 Å². The summed E-state index contributed by atoms with van der Waals surface area (Å²) < 4.78 is 27.4. The average molecular weight is 738 g/mol. The second-order valence-corrected chi connectivity index (χ2v) is 12.1. The normalized spacial score (nSPS) is 11.7. The molecule has 0 spiro atoms. The fourth-order valence-electron chi connectivity index (χ4n) is 5.25. The number of benzene rings is 2. The zero-order valence-electron chi connectivity index (χ0n) is 29.4. The summed E-state index contributed by atoms with van der Waals surface area (Å²) in [4.78, 5) is 47.3. The number of carbonyl (C=O) groups excluding carboxylic acids is 2. The summed E-state index contributed by atoms with van der Waals surface area (Å²) in [6.45, 7) is 6.26. The Morgan fingerprint density at radius 1 is 0.962 bits per heavy atom. The summed E-state index contributed by atoms with van der Waals surface area (Å²) in [5.41, 5.74) is 1.75. The maximum atomic E-state index is 13.6. The molecule has 3 N–H and O–H groups in total. The minimum atomic E-state index is -1.48. The molecule has 5 aromatic rings. The van der Waals surface area contributed by atoms with Crippen molar-refractivity contribution in [1.29, 1.82) is 0 Å². The first-order chi connectivity index (χ1) is 25.3. The zero-order chi connectivity index (χ0) is 38.1. The van der Waals surface area contributed by atoms with Gasteiger partial charge in [0.05, 0.1) is 25.2 Å². The molecule has 0 bridgehead atoms. The third kappa shape index (κ3) is 9.86. The summed E-state index contributed by atoms with van der Waals surface area (Å²) in [6, 6.07) is 14.9. The number of aryl methyl sites for hydroxylation is 2. The van der Waals surface area contributed by atoms with E-state index in [1.807, 2.05) is 43.3 Å². The Bertz CT molecular complexity index is 2060. The summed E-state index contributed by atoms with van der Waals surface area (Å²) in [5.74, 6) is -0.622. The molecule has 19 nitrogen and oxygen atoms in total. The molecule has 0 unspecified atom stereocenters. The van der Waals surface area contributed by atoms with Crippen LogP contribution in [0.4, 0.5) is 4.79 Å². The van der Waals surface area contributed by atoms with Gasteiger partial charge in [-0.25, -0.2) is 24.2 Å². The highest BCUT2D eigenvalue weighted by atomic mass is 17.1. The lowest BCUT2D eigenvalue weighted by Crippen LogP contribution is -2.23. The van der Waals surface area contributed by atoms with E-state index in [4.69, 9.17) is 33.5 Å². The van der Waals surface area contributed by atoms with E-state index < -0.39 is 28.9 Å². The molecule has 0 aliphatic rings. The highest BCUT2D eigenvalue weighted by molar-refractivity contribution is 5.89. The Morgan fingerprint density at radius 2 is 1.68 bits per heavy atom. The van der Waals surface area contributed by atoms with Crippen LogP contribution in [-0.2, 0) is 44.2 Å². The van der Waals surface area contributed by atoms with Gasteiger partial charge in [-0.1, -0.05) is 60.3 Å². The number of hydrogen-bond donors (Lipinski definition) is 3. The monoisotopic (exact) mass is 737 g/mol. The van der Waals surface area contributed by atoms with Crippen molar-refractivity contribution in [3.63, 3.8) is 0 Å². The van der Waals surface area contributed by atoms with Crippen molar-refractivity contribution in [1.82, 2.24) is 35.1 Å². The van der Waals surface area contributed by atoms with Crippen LogP contribution < -0.4 is 5.82 Å². The number of carbonyl (C=O) groups is 2. The summed E-state index contributed by atoms with van der Waals surface area (Å²) in [6.07, 6.45) is 0.380. The smallest absolute Gasteiger partial charge is 0.453 e. The SMILES string of the molecule is CCCc1nc(C(C)(C)O)c(C(=O)OCc2oc(=O)oc2C)n1Cc1ccc(-c2ccccc2-c2nnn(C(=O)OCCOCCON(O)O)n2)cc1. The van der Waals surface area contributed by atoms with E-state index in [0.29, 0.717) is 17.8 Å². The number of aromatic nitrogens is 6. The van der Waals surface area contributed by atoms with Gasteiger partial charge in [0.15, 0.2) is 23.8 Å². The summed E-state index contributed by atoms with van der Waals surface area (Å²) in [5, 5.41) is 39.6. The molecule has 0 aliphatic carbocycles. The van der Waals surface area contributed by atoms with Gasteiger partial charge in [-0.15, -0.1) is 10.2 Å². The van der Waals surface area contributed by atoms with Crippen LogP contribution >= 0.6 is 0 Å². The number of nitrogens with zero attached hydrogens (tertiary/aromatic N) is 7. The third-order valence-corrected chi connectivity index (χ3v) is 7.70. The molecule has 0 radical (unpaired) electrons. The second-order valence-electron chi connectivity index (χ2n) is 12.1. The van der Waals surface area contributed by atoms with Crippen LogP contribution in [0.25, 0.3) is 22.5 Å². The number of rotatable bonds is 17. The van der Waals surface area contributed by atoms with Crippen LogP contribution in [0.3, 0.4) is 0 Å². The van der Waals surface area contributed by atoms with E-state index in [1.54, 1.807) is 16.7 Å². The number of imidazole rings is 1. The summed E-state index contributed by atoms with van der Waals surface area (Å²) in [7, 11) is 0. The molecule has 3 aromatic heterocycles. The van der Waals surface area contributed by atoms with Gasteiger partial charge in [0.1, 0.15) is 23.7 Å². The molecule has 282 valence electrons. The van der Waals surface area contributed by atoms with Crippen molar-refractivity contribution in [2.75, 3.05) is 26.4 Å². The zero-order valence-corrected chi connectivity index (χ0v) is 29.4. The van der Waals surface area contributed by atoms with Gasteiger partial charge in [-0.2, -0.15) is 0 Å². The number of hydrogen-bond acceptors (Lipinski definition) is 17.